The fraction of sp³-hybridized carbons (Fsp3) is 0.0455. The molecule has 0 saturated carbocycles. The lowest BCUT2D eigenvalue weighted by atomic mass is 10.2. The van der Waals surface area contributed by atoms with E-state index in [4.69, 9.17) is 9.26 Å². The van der Waals surface area contributed by atoms with Crippen molar-refractivity contribution in [2.75, 3.05) is 5.32 Å². The highest BCUT2D eigenvalue weighted by molar-refractivity contribution is 9.10. The number of hydrogen-bond acceptors (Lipinski definition) is 5. The molecule has 6 nitrogen and oxygen atoms in total. The van der Waals surface area contributed by atoms with Gasteiger partial charge in [0.15, 0.2) is 6.61 Å². The van der Waals surface area contributed by atoms with Crippen LogP contribution in [0.2, 0.25) is 0 Å². The second-order valence-corrected chi connectivity index (χ2v) is 7.04. The topological polar surface area (TPSA) is 77.2 Å². The highest BCUT2D eigenvalue weighted by Crippen LogP contribution is 2.22. The van der Waals surface area contributed by atoms with Crippen LogP contribution in [0.5, 0.6) is 5.75 Å². The van der Waals surface area contributed by atoms with Crippen molar-refractivity contribution in [1.29, 1.82) is 0 Å². The van der Waals surface area contributed by atoms with Gasteiger partial charge in [-0.2, -0.15) is 4.98 Å². The van der Waals surface area contributed by atoms with E-state index in [1.807, 2.05) is 54.6 Å². The standard InChI is InChI=1S/C22H16BrN3O3/c23-16-10-12-17(13-11-16)24-22(27)18-8-4-5-9-19(18)28-14-20-25-21(26-29-20)15-6-2-1-3-7-15/h1-13H,14H2,(H,24,27). The number of hydrogen-bond donors (Lipinski definition) is 1. The molecule has 1 N–H and O–H groups in total. The Labute approximate surface area is 175 Å². The maximum atomic E-state index is 12.7. The van der Waals surface area contributed by atoms with E-state index in [0.717, 1.165) is 10.0 Å². The van der Waals surface area contributed by atoms with Gasteiger partial charge >= 0.3 is 0 Å². The summed E-state index contributed by atoms with van der Waals surface area (Å²) in [6.45, 7) is 0.0579. The highest BCUT2D eigenvalue weighted by Gasteiger charge is 2.14. The number of benzene rings is 3. The van der Waals surface area contributed by atoms with Crippen LogP contribution in [0, 0.1) is 0 Å². The zero-order valence-corrected chi connectivity index (χ0v) is 16.8. The number of aromatic nitrogens is 2. The van der Waals surface area contributed by atoms with Crippen molar-refractivity contribution in [2.45, 2.75) is 6.61 Å². The van der Waals surface area contributed by atoms with Gasteiger partial charge in [0.2, 0.25) is 5.82 Å². The molecule has 0 saturated heterocycles. The molecule has 144 valence electrons. The van der Waals surface area contributed by atoms with Gasteiger partial charge in [0.25, 0.3) is 11.8 Å². The number of anilines is 1. The van der Waals surface area contributed by atoms with Crippen LogP contribution in [0.4, 0.5) is 5.69 Å². The number of halogens is 1. The third kappa shape index (κ3) is 4.70. The Kier molecular flexibility index (Phi) is 5.67. The van der Waals surface area contributed by atoms with Crippen LogP contribution in [0.3, 0.4) is 0 Å². The van der Waals surface area contributed by atoms with E-state index in [-0.39, 0.29) is 12.5 Å². The Morgan fingerprint density at radius 1 is 0.966 bits per heavy atom. The van der Waals surface area contributed by atoms with E-state index in [2.05, 4.69) is 31.4 Å². The van der Waals surface area contributed by atoms with E-state index in [0.29, 0.717) is 28.7 Å². The Morgan fingerprint density at radius 2 is 1.69 bits per heavy atom. The summed E-state index contributed by atoms with van der Waals surface area (Å²) >= 11 is 3.37. The number of rotatable bonds is 6. The molecule has 0 aliphatic carbocycles. The Balaban J connectivity index is 1.45. The van der Waals surface area contributed by atoms with Gasteiger partial charge in [-0.25, -0.2) is 0 Å². The molecule has 4 aromatic rings. The summed E-state index contributed by atoms with van der Waals surface area (Å²) in [5, 5.41) is 6.83. The zero-order valence-electron chi connectivity index (χ0n) is 15.2. The molecule has 0 radical (unpaired) electrons. The van der Waals surface area contributed by atoms with Gasteiger partial charge in [-0.3, -0.25) is 4.79 Å². The third-order valence-electron chi connectivity index (χ3n) is 4.08. The largest absolute Gasteiger partial charge is 0.483 e. The van der Waals surface area contributed by atoms with Crippen LogP contribution < -0.4 is 10.1 Å². The van der Waals surface area contributed by atoms with Crippen molar-refractivity contribution in [3.63, 3.8) is 0 Å². The SMILES string of the molecule is O=C(Nc1ccc(Br)cc1)c1ccccc1OCc1nc(-c2ccccc2)no1. The molecule has 3 aromatic carbocycles. The molecule has 1 heterocycles. The monoisotopic (exact) mass is 449 g/mol. The first-order valence-electron chi connectivity index (χ1n) is 8.86. The van der Waals surface area contributed by atoms with Crippen LogP contribution in [-0.4, -0.2) is 16.0 Å². The van der Waals surface area contributed by atoms with Gasteiger partial charge in [-0.1, -0.05) is 63.6 Å². The van der Waals surface area contributed by atoms with Gasteiger partial charge < -0.3 is 14.6 Å². The first-order valence-corrected chi connectivity index (χ1v) is 9.65. The van der Waals surface area contributed by atoms with Crippen molar-refractivity contribution in [2.24, 2.45) is 0 Å². The lowest BCUT2D eigenvalue weighted by Gasteiger charge is -2.10. The predicted octanol–water partition coefficient (Wildman–Crippen LogP) is 5.33. The van der Waals surface area contributed by atoms with Crippen molar-refractivity contribution < 1.29 is 14.1 Å². The summed E-state index contributed by atoms with van der Waals surface area (Å²) in [6, 6.07) is 23.9. The van der Waals surface area contributed by atoms with Crippen LogP contribution in [0.15, 0.2) is 87.9 Å². The molecule has 0 fully saturated rings. The fourth-order valence-electron chi connectivity index (χ4n) is 2.67. The molecule has 4 rings (SSSR count). The number of carbonyl (C=O) groups excluding carboxylic acids is 1. The summed E-state index contributed by atoms with van der Waals surface area (Å²) < 4.78 is 12.0. The Morgan fingerprint density at radius 3 is 2.48 bits per heavy atom. The molecule has 0 unspecified atom stereocenters. The number of nitrogens with zero attached hydrogens (tertiary/aromatic N) is 2. The molecule has 0 atom stereocenters. The Hall–Kier alpha value is -3.45. The zero-order chi connectivity index (χ0) is 20.1. The highest BCUT2D eigenvalue weighted by atomic mass is 79.9. The molecular weight excluding hydrogens is 434 g/mol. The molecule has 0 bridgehead atoms. The van der Waals surface area contributed by atoms with Crippen LogP contribution in [-0.2, 0) is 6.61 Å². The normalized spacial score (nSPS) is 10.5. The van der Waals surface area contributed by atoms with Gasteiger partial charge in [0.05, 0.1) is 5.56 Å². The number of ether oxygens (including phenoxy) is 1. The van der Waals surface area contributed by atoms with E-state index >= 15 is 0 Å². The van der Waals surface area contributed by atoms with E-state index < -0.39 is 0 Å². The summed E-state index contributed by atoms with van der Waals surface area (Å²) in [5.41, 5.74) is 1.97. The average molecular weight is 450 g/mol. The second-order valence-electron chi connectivity index (χ2n) is 6.12. The summed E-state index contributed by atoms with van der Waals surface area (Å²) in [4.78, 5) is 17.0. The van der Waals surface area contributed by atoms with Crippen molar-refractivity contribution in [3.8, 4) is 17.1 Å². The van der Waals surface area contributed by atoms with Gasteiger partial charge in [0, 0.05) is 15.7 Å². The molecule has 0 aliphatic rings. The fourth-order valence-corrected chi connectivity index (χ4v) is 2.93. The van der Waals surface area contributed by atoms with E-state index in [1.54, 1.807) is 24.3 Å². The first-order chi connectivity index (χ1) is 14.2. The lowest BCUT2D eigenvalue weighted by Crippen LogP contribution is -2.13. The number of nitrogens with one attached hydrogen (secondary N) is 1. The van der Waals surface area contributed by atoms with E-state index in [9.17, 15) is 4.79 Å². The number of carbonyl (C=O) groups is 1. The van der Waals surface area contributed by atoms with Crippen molar-refractivity contribution in [3.05, 3.63) is 94.8 Å². The quantitative estimate of drug-likeness (QED) is 0.430. The first kappa shape index (κ1) is 18.9. The Bertz CT molecular complexity index is 1110. The molecule has 1 amide bonds. The maximum Gasteiger partial charge on any atom is 0.264 e. The number of amides is 1. The molecule has 29 heavy (non-hydrogen) atoms. The van der Waals surface area contributed by atoms with Gasteiger partial charge in [-0.05, 0) is 36.4 Å². The maximum absolute atomic E-state index is 12.7. The molecule has 0 spiro atoms. The van der Waals surface area contributed by atoms with Gasteiger partial charge in [0.1, 0.15) is 5.75 Å². The molecule has 7 heteroatoms. The molecular formula is C22H16BrN3O3. The van der Waals surface area contributed by atoms with Crippen molar-refractivity contribution in [1.82, 2.24) is 10.1 Å². The van der Waals surface area contributed by atoms with Crippen LogP contribution in [0.1, 0.15) is 16.2 Å². The summed E-state index contributed by atoms with van der Waals surface area (Å²) in [5.74, 6) is 0.984. The van der Waals surface area contributed by atoms with Gasteiger partial charge in [-0.15, -0.1) is 0 Å². The second kappa shape index (κ2) is 8.70. The lowest BCUT2D eigenvalue weighted by molar-refractivity contribution is 0.102. The molecule has 0 aliphatic heterocycles. The number of para-hydroxylation sites is 1. The third-order valence-corrected chi connectivity index (χ3v) is 4.61. The molecule has 1 aromatic heterocycles. The van der Waals surface area contributed by atoms with Crippen LogP contribution in [0.25, 0.3) is 11.4 Å². The van der Waals surface area contributed by atoms with Crippen LogP contribution >= 0.6 is 15.9 Å². The predicted molar refractivity (Wildman–Crippen MR) is 113 cm³/mol. The smallest absolute Gasteiger partial charge is 0.264 e. The minimum Gasteiger partial charge on any atom is -0.483 e. The van der Waals surface area contributed by atoms with Crippen molar-refractivity contribution >= 4 is 27.5 Å². The van der Waals surface area contributed by atoms with E-state index in [1.165, 1.54) is 0 Å². The minimum atomic E-state index is -0.265. The summed E-state index contributed by atoms with van der Waals surface area (Å²) in [7, 11) is 0. The summed E-state index contributed by atoms with van der Waals surface area (Å²) in [6.07, 6.45) is 0. The minimum absolute atomic E-state index is 0.0579. The average Bonchev–Trinajstić information content (AvgIpc) is 3.24.